The average molecular weight is 387 g/mol. The zero-order valence-corrected chi connectivity index (χ0v) is 16.5. The lowest BCUT2D eigenvalue weighted by atomic mass is 10.0. The van der Waals surface area contributed by atoms with Crippen molar-refractivity contribution in [1.82, 2.24) is 4.37 Å². The molecule has 1 heterocycles. The molecule has 7 heteroatoms. The molecule has 0 N–H and O–H groups in total. The summed E-state index contributed by atoms with van der Waals surface area (Å²) in [7, 11) is 6.35. The first-order valence-electron chi connectivity index (χ1n) is 8.21. The maximum atomic E-state index is 5.55. The molecule has 142 valence electrons. The molecule has 3 aromatic rings. The SMILES string of the molecule is COOCc1c(OC)cc(-c2sncc2-c2ccc(OC)cc2)cc1OC. The van der Waals surface area contributed by atoms with Crippen LogP contribution in [0.25, 0.3) is 21.6 Å². The van der Waals surface area contributed by atoms with Gasteiger partial charge in [0.1, 0.15) is 23.9 Å². The van der Waals surface area contributed by atoms with E-state index in [-0.39, 0.29) is 6.61 Å². The van der Waals surface area contributed by atoms with E-state index in [0.717, 1.165) is 32.9 Å². The van der Waals surface area contributed by atoms with Crippen LogP contribution in [0.2, 0.25) is 0 Å². The summed E-state index contributed by atoms with van der Waals surface area (Å²) in [6.45, 7) is 0.219. The highest BCUT2D eigenvalue weighted by atomic mass is 32.1. The van der Waals surface area contributed by atoms with Crippen LogP contribution < -0.4 is 14.2 Å². The quantitative estimate of drug-likeness (QED) is 0.416. The van der Waals surface area contributed by atoms with Crippen LogP contribution in [0.15, 0.2) is 42.6 Å². The lowest BCUT2D eigenvalue weighted by molar-refractivity contribution is -0.282. The fraction of sp³-hybridized carbons (Fsp3) is 0.250. The van der Waals surface area contributed by atoms with Gasteiger partial charge in [0.25, 0.3) is 0 Å². The Bertz CT molecular complexity index is 867. The standard InChI is InChI=1S/C20H21NO5S/c1-22-15-7-5-13(6-8-15)16-11-21-27-20(16)14-9-18(23-2)17(12-26-25-4)19(10-14)24-3/h5-11H,12H2,1-4H3. The van der Waals surface area contributed by atoms with Crippen LogP contribution in [-0.2, 0) is 16.4 Å². The number of nitrogens with zero attached hydrogens (tertiary/aromatic N) is 1. The van der Waals surface area contributed by atoms with E-state index in [1.165, 1.54) is 18.6 Å². The Kier molecular flexibility index (Phi) is 6.28. The van der Waals surface area contributed by atoms with Gasteiger partial charge in [-0.15, -0.1) is 0 Å². The van der Waals surface area contributed by atoms with Gasteiger partial charge < -0.3 is 14.2 Å². The van der Waals surface area contributed by atoms with Crippen molar-refractivity contribution < 1.29 is 24.0 Å². The molecule has 2 aromatic carbocycles. The lowest BCUT2D eigenvalue weighted by Gasteiger charge is -2.15. The van der Waals surface area contributed by atoms with Crippen LogP contribution in [0, 0.1) is 0 Å². The first-order chi connectivity index (χ1) is 13.2. The Morgan fingerprint density at radius 3 is 2.07 bits per heavy atom. The molecular formula is C20H21NO5S. The van der Waals surface area contributed by atoms with Crippen molar-refractivity contribution in [1.29, 1.82) is 0 Å². The highest BCUT2D eigenvalue weighted by molar-refractivity contribution is 7.10. The zero-order valence-electron chi connectivity index (χ0n) is 15.6. The fourth-order valence-corrected chi connectivity index (χ4v) is 3.55. The van der Waals surface area contributed by atoms with Gasteiger partial charge in [-0.25, -0.2) is 9.78 Å². The maximum Gasteiger partial charge on any atom is 0.128 e. The molecule has 0 bridgehead atoms. The van der Waals surface area contributed by atoms with Crippen LogP contribution in [0.4, 0.5) is 0 Å². The predicted molar refractivity (Wildman–Crippen MR) is 104 cm³/mol. The van der Waals surface area contributed by atoms with Gasteiger partial charge >= 0.3 is 0 Å². The molecule has 0 atom stereocenters. The second-order valence-corrected chi connectivity index (χ2v) is 6.39. The van der Waals surface area contributed by atoms with Gasteiger partial charge in [0.05, 0.1) is 38.9 Å². The Morgan fingerprint density at radius 2 is 1.52 bits per heavy atom. The lowest BCUT2D eigenvalue weighted by Crippen LogP contribution is -2.00. The van der Waals surface area contributed by atoms with Gasteiger partial charge in [-0.1, -0.05) is 12.1 Å². The van der Waals surface area contributed by atoms with E-state index in [2.05, 4.69) is 4.37 Å². The topological polar surface area (TPSA) is 59.0 Å². The summed E-state index contributed by atoms with van der Waals surface area (Å²) in [5.41, 5.74) is 3.83. The largest absolute Gasteiger partial charge is 0.497 e. The molecule has 0 aliphatic heterocycles. The molecule has 0 radical (unpaired) electrons. The highest BCUT2D eigenvalue weighted by Crippen LogP contribution is 2.41. The number of benzene rings is 2. The van der Waals surface area contributed by atoms with Gasteiger partial charge in [-0.3, -0.25) is 0 Å². The smallest absolute Gasteiger partial charge is 0.128 e. The molecule has 3 rings (SSSR count). The minimum atomic E-state index is 0.219. The van der Waals surface area contributed by atoms with Crippen molar-refractivity contribution in [2.75, 3.05) is 28.4 Å². The summed E-state index contributed by atoms with van der Waals surface area (Å²) < 4.78 is 20.7. The molecule has 0 aliphatic carbocycles. The third-order valence-corrected chi connectivity index (χ3v) is 5.01. The highest BCUT2D eigenvalue weighted by Gasteiger charge is 2.18. The predicted octanol–water partition coefficient (Wildman–Crippen LogP) is 4.58. The van der Waals surface area contributed by atoms with Crippen LogP contribution >= 0.6 is 11.5 Å². The van der Waals surface area contributed by atoms with E-state index in [1.54, 1.807) is 21.3 Å². The fourth-order valence-electron chi connectivity index (χ4n) is 2.80. The van der Waals surface area contributed by atoms with E-state index in [1.807, 2.05) is 42.6 Å². The second-order valence-electron chi connectivity index (χ2n) is 5.59. The molecule has 0 saturated carbocycles. The van der Waals surface area contributed by atoms with Crippen molar-refractivity contribution in [3.05, 3.63) is 48.2 Å². The van der Waals surface area contributed by atoms with Crippen LogP contribution in [0.5, 0.6) is 17.2 Å². The maximum absolute atomic E-state index is 5.55. The normalized spacial score (nSPS) is 10.7. The van der Waals surface area contributed by atoms with E-state index in [4.69, 9.17) is 24.0 Å². The van der Waals surface area contributed by atoms with E-state index >= 15 is 0 Å². The van der Waals surface area contributed by atoms with Crippen molar-refractivity contribution in [2.24, 2.45) is 0 Å². The second kappa shape index (κ2) is 8.85. The number of aromatic nitrogens is 1. The number of ether oxygens (including phenoxy) is 3. The summed E-state index contributed by atoms with van der Waals surface area (Å²) >= 11 is 1.42. The Hall–Kier alpha value is -2.61. The Labute approximate surface area is 162 Å². The number of hydrogen-bond donors (Lipinski definition) is 0. The van der Waals surface area contributed by atoms with E-state index < -0.39 is 0 Å². The van der Waals surface area contributed by atoms with Gasteiger partial charge in [0.15, 0.2) is 0 Å². The molecular weight excluding hydrogens is 366 g/mol. The molecule has 27 heavy (non-hydrogen) atoms. The van der Waals surface area contributed by atoms with Crippen LogP contribution in [0.3, 0.4) is 0 Å². The molecule has 0 saturated heterocycles. The van der Waals surface area contributed by atoms with Crippen LogP contribution in [-0.4, -0.2) is 32.8 Å². The van der Waals surface area contributed by atoms with Crippen molar-refractivity contribution >= 4 is 11.5 Å². The summed E-state index contributed by atoms with van der Waals surface area (Å²) in [4.78, 5) is 10.8. The van der Waals surface area contributed by atoms with E-state index in [9.17, 15) is 0 Å². The monoisotopic (exact) mass is 387 g/mol. The first-order valence-corrected chi connectivity index (χ1v) is 8.99. The van der Waals surface area contributed by atoms with Crippen LogP contribution in [0.1, 0.15) is 5.56 Å². The third kappa shape index (κ3) is 4.05. The molecule has 6 nitrogen and oxygen atoms in total. The van der Waals surface area contributed by atoms with Crippen molar-refractivity contribution in [2.45, 2.75) is 6.61 Å². The third-order valence-electron chi connectivity index (χ3n) is 4.16. The minimum Gasteiger partial charge on any atom is -0.497 e. The molecule has 1 aromatic heterocycles. The summed E-state index contributed by atoms with van der Waals surface area (Å²) in [6.07, 6.45) is 1.86. The Morgan fingerprint density at radius 1 is 0.852 bits per heavy atom. The van der Waals surface area contributed by atoms with Gasteiger partial charge in [-0.2, -0.15) is 4.37 Å². The summed E-state index contributed by atoms with van der Waals surface area (Å²) in [5.74, 6) is 2.14. The van der Waals surface area contributed by atoms with Crippen molar-refractivity contribution in [3.63, 3.8) is 0 Å². The number of rotatable bonds is 8. The summed E-state index contributed by atoms with van der Waals surface area (Å²) in [6, 6.07) is 11.8. The zero-order chi connectivity index (χ0) is 19.2. The molecule has 0 unspecified atom stereocenters. The number of methoxy groups -OCH3 is 3. The first kappa shape index (κ1) is 19.2. The Balaban J connectivity index is 2.05. The molecule has 0 spiro atoms. The number of hydrogen-bond acceptors (Lipinski definition) is 7. The summed E-state index contributed by atoms with van der Waals surface area (Å²) in [5, 5.41) is 0. The van der Waals surface area contributed by atoms with Gasteiger partial charge in [0, 0.05) is 17.3 Å². The average Bonchev–Trinajstić information content (AvgIpc) is 3.21. The van der Waals surface area contributed by atoms with Crippen molar-refractivity contribution in [3.8, 4) is 38.8 Å². The van der Waals surface area contributed by atoms with Gasteiger partial charge in [-0.05, 0) is 41.4 Å². The molecule has 0 fully saturated rings. The van der Waals surface area contributed by atoms with Gasteiger partial charge in [0.2, 0.25) is 0 Å². The molecule has 0 aliphatic rings. The van der Waals surface area contributed by atoms with E-state index in [0.29, 0.717) is 11.5 Å². The molecule has 0 amide bonds. The minimum absolute atomic E-state index is 0.219.